The largest absolute Gasteiger partial charge is 0.315 e. The van der Waals surface area contributed by atoms with Crippen LogP contribution in [0.3, 0.4) is 0 Å². The van der Waals surface area contributed by atoms with E-state index in [2.05, 4.69) is 0 Å². The van der Waals surface area contributed by atoms with Gasteiger partial charge in [0.15, 0.2) is 0 Å². The molecule has 1 aromatic heterocycles. The zero-order valence-electron chi connectivity index (χ0n) is 5.78. The summed E-state index contributed by atoms with van der Waals surface area (Å²) in [5.41, 5.74) is 7.51. The third-order valence-corrected chi connectivity index (χ3v) is 2.23. The molecule has 60 valence electrons. The molecule has 0 saturated carbocycles. The molecule has 0 radical (unpaired) electrons. The minimum Gasteiger partial charge on any atom is -0.315 e. The highest BCUT2D eigenvalue weighted by atomic mass is 32.1. The van der Waals surface area contributed by atoms with Gasteiger partial charge < -0.3 is 5.73 Å². The number of thiophene rings is 1. The summed E-state index contributed by atoms with van der Waals surface area (Å²) < 4.78 is 0. The minimum atomic E-state index is -0.639. The van der Waals surface area contributed by atoms with Gasteiger partial charge in [0.2, 0.25) is 0 Å². The Morgan fingerprint density at radius 3 is 2.91 bits per heavy atom. The summed E-state index contributed by atoms with van der Waals surface area (Å²) in [6.07, 6.45) is 0. The number of carbonyl (C=O) groups excluding carboxylic acids is 1. The van der Waals surface area contributed by atoms with E-state index in [1.165, 1.54) is 11.3 Å². The molecule has 1 rings (SSSR count). The van der Waals surface area contributed by atoms with Crippen LogP contribution in [-0.2, 0) is 4.79 Å². The topological polar surface area (TPSA) is 81.1 Å². The lowest BCUT2D eigenvalue weighted by Crippen LogP contribution is -2.37. The highest BCUT2D eigenvalue weighted by molar-refractivity contribution is 7.10. The van der Waals surface area contributed by atoms with Crippen LogP contribution in [0, 0.1) is 0 Å². The van der Waals surface area contributed by atoms with Crippen molar-refractivity contribution in [3.8, 4) is 0 Å². The van der Waals surface area contributed by atoms with Crippen LogP contribution < -0.4 is 17.0 Å². The van der Waals surface area contributed by atoms with Gasteiger partial charge in [-0.3, -0.25) is 10.2 Å². The van der Waals surface area contributed by atoms with Gasteiger partial charge in [-0.15, -0.1) is 11.3 Å². The predicted octanol–water partition coefficient (Wildman–Crippen LogP) is -0.262. The predicted molar refractivity (Wildman–Crippen MR) is 43.6 cm³/mol. The van der Waals surface area contributed by atoms with E-state index in [4.69, 9.17) is 11.6 Å². The fourth-order valence-corrected chi connectivity index (χ4v) is 1.41. The van der Waals surface area contributed by atoms with Gasteiger partial charge in [0, 0.05) is 4.88 Å². The third kappa shape index (κ3) is 1.76. The lowest BCUT2D eigenvalue weighted by Gasteiger charge is -2.05. The average Bonchev–Trinajstić information content (AvgIpc) is 2.53. The van der Waals surface area contributed by atoms with Crippen molar-refractivity contribution in [1.29, 1.82) is 0 Å². The third-order valence-electron chi connectivity index (χ3n) is 1.27. The number of rotatable bonds is 2. The molecular formula is C6H9N3OS. The van der Waals surface area contributed by atoms with Crippen molar-refractivity contribution in [3.63, 3.8) is 0 Å². The molecule has 1 amide bonds. The quantitative estimate of drug-likeness (QED) is 0.326. The van der Waals surface area contributed by atoms with E-state index in [0.29, 0.717) is 0 Å². The Kier molecular flexibility index (Phi) is 2.58. The van der Waals surface area contributed by atoms with Crippen molar-refractivity contribution >= 4 is 17.2 Å². The molecule has 0 bridgehead atoms. The molecule has 1 aromatic rings. The molecule has 1 atom stereocenters. The molecule has 11 heavy (non-hydrogen) atoms. The Balaban J connectivity index is 2.70. The maximum Gasteiger partial charge on any atom is 0.256 e. The number of hydrogen-bond donors (Lipinski definition) is 3. The van der Waals surface area contributed by atoms with E-state index in [1.807, 2.05) is 16.9 Å². The standard InChI is InChI=1S/C6H9N3OS/c7-5(6(10)9-8)4-2-1-3-11-4/h1-3,5H,7-8H2,(H,9,10). The fourth-order valence-electron chi connectivity index (χ4n) is 0.687. The maximum absolute atomic E-state index is 10.9. The highest BCUT2D eigenvalue weighted by Crippen LogP contribution is 2.15. The van der Waals surface area contributed by atoms with Crippen LogP contribution in [0.15, 0.2) is 17.5 Å². The normalized spacial score (nSPS) is 12.5. The van der Waals surface area contributed by atoms with Crippen molar-refractivity contribution in [1.82, 2.24) is 5.43 Å². The monoisotopic (exact) mass is 171 g/mol. The van der Waals surface area contributed by atoms with Crippen LogP contribution in [0.25, 0.3) is 0 Å². The Hall–Kier alpha value is -0.910. The number of amides is 1. The number of carbonyl (C=O) groups is 1. The Morgan fingerprint density at radius 2 is 2.45 bits per heavy atom. The van der Waals surface area contributed by atoms with E-state index in [0.717, 1.165) is 4.88 Å². The molecule has 1 heterocycles. The van der Waals surface area contributed by atoms with Gasteiger partial charge in [-0.1, -0.05) is 6.07 Å². The fraction of sp³-hybridized carbons (Fsp3) is 0.167. The molecule has 0 aliphatic rings. The van der Waals surface area contributed by atoms with Crippen LogP contribution in [0.2, 0.25) is 0 Å². The summed E-state index contributed by atoms with van der Waals surface area (Å²) >= 11 is 1.43. The average molecular weight is 171 g/mol. The summed E-state index contributed by atoms with van der Waals surface area (Å²) in [6.45, 7) is 0. The van der Waals surface area contributed by atoms with Crippen molar-refractivity contribution in [2.75, 3.05) is 0 Å². The molecule has 4 nitrogen and oxygen atoms in total. The van der Waals surface area contributed by atoms with E-state index in [1.54, 1.807) is 6.07 Å². The first kappa shape index (κ1) is 8.19. The number of hydrazine groups is 1. The summed E-state index contributed by atoms with van der Waals surface area (Å²) in [5.74, 6) is 4.54. The van der Waals surface area contributed by atoms with Crippen molar-refractivity contribution in [2.24, 2.45) is 11.6 Å². The number of nitrogens with one attached hydrogen (secondary N) is 1. The second kappa shape index (κ2) is 3.47. The van der Waals surface area contributed by atoms with Gasteiger partial charge in [-0.05, 0) is 11.4 Å². The molecule has 0 aliphatic heterocycles. The number of nitrogens with two attached hydrogens (primary N) is 2. The van der Waals surface area contributed by atoms with Crippen LogP contribution in [0.1, 0.15) is 10.9 Å². The van der Waals surface area contributed by atoms with E-state index in [-0.39, 0.29) is 5.91 Å². The second-order valence-corrected chi connectivity index (χ2v) is 2.98. The maximum atomic E-state index is 10.9. The van der Waals surface area contributed by atoms with Crippen LogP contribution in [-0.4, -0.2) is 5.91 Å². The Bertz CT molecular complexity index is 234. The zero-order valence-corrected chi connectivity index (χ0v) is 6.60. The first-order valence-corrected chi connectivity index (χ1v) is 3.93. The lowest BCUT2D eigenvalue weighted by atomic mass is 10.2. The summed E-state index contributed by atoms with van der Waals surface area (Å²) in [7, 11) is 0. The number of hydrogen-bond acceptors (Lipinski definition) is 4. The van der Waals surface area contributed by atoms with Crippen LogP contribution >= 0.6 is 11.3 Å². The lowest BCUT2D eigenvalue weighted by molar-refractivity contribution is -0.122. The van der Waals surface area contributed by atoms with Crippen molar-refractivity contribution < 1.29 is 4.79 Å². The van der Waals surface area contributed by atoms with Crippen molar-refractivity contribution in [2.45, 2.75) is 6.04 Å². The van der Waals surface area contributed by atoms with Gasteiger partial charge in [0.1, 0.15) is 6.04 Å². The van der Waals surface area contributed by atoms with E-state index < -0.39 is 6.04 Å². The van der Waals surface area contributed by atoms with Crippen LogP contribution in [0.4, 0.5) is 0 Å². The second-order valence-electron chi connectivity index (χ2n) is 2.00. The molecule has 5 N–H and O–H groups in total. The molecule has 1 unspecified atom stereocenters. The van der Waals surface area contributed by atoms with E-state index >= 15 is 0 Å². The molecule has 0 fully saturated rings. The first-order chi connectivity index (χ1) is 5.25. The minimum absolute atomic E-state index is 0.368. The summed E-state index contributed by atoms with van der Waals surface area (Å²) in [6, 6.07) is 2.99. The summed E-state index contributed by atoms with van der Waals surface area (Å²) in [4.78, 5) is 11.7. The van der Waals surface area contributed by atoms with E-state index in [9.17, 15) is 4.79 Å². The molecule has 0 spiro atoms. The molecular weight excluding hydrogens is 162 g/mol. The van der Waals surface area contributed by atoms with Crippen molar-refractivity contribution in [3.05, 3.63) is 22.4 Å². The molecule has 0 aromatic carbocycles. The van der Waals surface area contributed by atoms with Gasteiger partial charge in [-0.2, -0.15) is 0 Å². The van der Waals surface area contributed by atoms with Gasteiger partial charge in [0.25, 0.3) is 5.91 Å². The van der Waals surface area contributed by atoms with Gasteiger partial charge >= 0.3 is 0 Å². The smallest absolute Gasteiger partial charge is 0.256 e. The SMILES string of the molecule is NNC(=O)C(N)c1cccs1. The molecule has 5 heteroatoms. The zero-order chi connectivity index (χ0) is 8.27. The highest BCUT2D eigenvalue weighted by Gasteiger charge is 2.14. The molecule has 0 aliphatic carbocycles. The van der Waals surface area contributed by atoms with Crippen LogP contribution in [0.5, 0.6) is 0 Å². The Labute approximate surface area is 68.2 Å². The van der Waals surface area contributed by atoms with Gasteiger partial charge in [0.05, 0.1) is 0 Å². The molecule has 0 saturated heterocycles. The summed E-state index contributed by atoms with van der Waals surface area (Å²) in [5, 5.41) is 1.86. The Morgan fingerprint density at radius 1 is 1.73 bits per heavy atom. The first-order valence-electron chi connectivity index (χ1n) is 3.05. The van der Waals surface area contributed by atoms with Gasteiger partial charge in [-0.25, -0.2) is 5.84 Å².